The lowest BCUT2D eigenvalue weighted by Gasteiger charge is -2.03. The van der Waals surface area contributed by atoms with Gasteiger partial charge in [0.1, 0.15) is 5.84 Å². The van der Waals surface area contributed by atoms with E-state index >= 15 is 0 Å². The second kappa shape index (κ2) is 9.57. The van der Waals surface area contributed by atoms with Crippen molar-refractivity contribution < 1.29 is 27.9 Å². The van der Waals surface area contributed by atoms with E-state index in [9.17, 15) is 18.0 Å². The van der Waals surface area contributed by atoms with E-state index in [2.05, 4.69) is 6.07 Å². The maximum atomic E-state index is 11.1. The molecule has 160 valence electrons. The molecule has 0 aromatic heterocycles. The molecule has 1 amide bonds. The van der Waals surface area contributed by atoms with Gasteiger partial charge in [0.2, 0.25) is 5.91 Å². The average molecular weight is 429 g/mol. The summed E-state index contributed by atoms with van der Waals surface area (Å²) in [7, 11) is 0. The van der Waals surface area contributed by atoms with Gasteiger partial charge in [-0.1, -0.05) is 48.6 Å². The maximum absolute atomic E-state index is 11.1. The van der Waals surface area contributed by atoms with Crippen molar-refractivity contribution in [2.45, 2.75) is 6.18 Å². The number of rotatable bonds is 4. The van der Waals surface area contributed by atoms with E-state index in [0.717, 1.165) is 27.5 Å². The van der Waals surface area contributed by atoms with Gasteiger partial charge in [0.05, 0.1) is 0 Å². The quantitative estimate of drug-likeness (QED) is 0.283. The fourth-order valence-corrected chi connectivity index (χ4v) is 2.49. The van der Waals surface area contributed by atoms with E-state index in [1.165, 1.54) is 0 Å². The van der Waals surface area contributed by atoms with E-state index < -0.39 is 18.1 Å². The second-order valence-electron chi connectivity index (χ2n) is 6.36. The third kappa shape index (κ3) is 6.70. The number of carbonyl (C=O) groups excluding carboxylic acids is 1. The molecule has 0 aliphatic carbocycles. The van der Waals surface area contributed by atoms with Gasteiger partial charge in [0.25, 0.3) is 0 Å². The molecule has 0 saturated heterocycles. The number of nitrogens with one attached hydrogen (secondary N) is 1. The molecule has 0 atom stereocenters. The first-order chi connectivity index (χ1) is 14.5. The molecular formula is C22H18F3N3O3. The van der Waals surface area contributed by atoms with Crippen LogP contribution in [0.15, 0.2) is 60.7 Å². The van der Waals surface area contributed by atoms with Crippen LogP contribution < -0.4 is 11.5 Å². The molecule has 3 rings (SSSR count). The Hall–Kier alpha value is -4.14. The Kier molecular flexibility index (Phi) is 7.15. The summed E-state index contributed by atoms with van der Waals surface area (Å²) < 4.78 is 31.7. The number of nitrogen functional groups attached to an aromatic ring is 1. The highest BCUT2D eigenvalue weighted by Gasteiger charge is 2.38. The highest BCUT2D eigenvalue weighted by atomic mass is 19.4. The summed E-state index contributed by atoms with van der Waals surface area (Å²) in [6.45, 7) is 0. The summed E-state index contributed by atoms with van der Waals surface area (Å²) in [6, 6.07) is 19.0. The molecule has 3 aromatic carbocycles. The fraction of sp³-hybridized carbons (Fsp3) is 0.0455. The van der Waals surface area contributed by atoms with E-state index in [-0.39, 0.29) is 5.84 Å². The predicted octanol–water partition coefficient (Wildman–Crippen LogP) is 4.03. The number of carbonyl (C=O) groups is 2. The number of hydrogen-bond donors (Lipinski definition) is 4. The number of alkyl halides is 3. The van der Waals surface area contributed by atoms with Crippen LogP contribution in [0.5, 0.6) is 0 Å². The summed E-state index contributed by atoms with van der Waals surface area (Å²) in [5, 5.41) is 16.8. The van der Waals surface area contributed by atoms with Crippen LogP contribution in [-0.2, 0) is 4.79 Å². The van der Waals surface area contributed by atoms with Gasteiger partial charge in [0, 0.05) is 11.1 Å². The topological polar surface area (TPSA) is 130 Å². The number of aliphatic carboxylic acids is 1. The SMILES string of the molecule is N=C(N)c1ccc2cc(/C=C/c3ccc(C(N)=O)cc3)ccc2c1.O=C(O)C(F)(F)F. The molecule has 0 bridgehead atoms. The van der Waals surface area contributed by atoms with E-state index in [1.54, 1.807) is 12.1 Å². The summed E-state index contributed by atoms with van der Waals surface area (Å²) in [6.07, 6.45) is -1.09. The van der Waals surface area contributed by atoms with Crippen molar-refractivity contribution >= 4 is 40.6 Å². The zero-order chi connectivity index (χ0) is 23.2. The molecule has 0 radical (unpaired) electrons. The van der Waals surface area contributed by atoms with Crippen molar-refractivity contribution in [3.8, 4) is 0 Å². The molecule has 0 fully saturated rings. The number of amidine groups is 1. The van der Waals surface area contributed by atoms with Crippen LogP contribution in [0.1, 0.15) is 27.0 Å². The maximum Gasteiger partial charge on any atom is 0.490 e. The molecule has 6 nitrogen and oxygen atoms in total. The minimum Gasteiger partial charge on any atom is -0.475 e. The second-order valence-corrected chi connectivity index (χ2v) is 6.36. The minimum atomic E-state index is -5.08. The first-order valence-electron chi connectivity index (χ1n) is 8.73. The number of nitrogens with two attached hydrogens (primary N) is 2. The van der Waals surface area contributed by atoms with Crippen LogP contribution in [0.3, 0.4) is 0 Å². The summed E-state index contributed by atoms with van der Waals surface area (Å²) >= 11 is 0. The van der Waals surface area contributed by atoms with Crippen LogP contribution in [0.25, 0.3) is 22.9 Å². The Morgan fingerprint density at radius 3 is 1.77 bits per heavy atom. The molecule has 0 heterocycles. The van der Waals surface area contributed by atoms with Crippen molar-refractivity contribution in [3.05, 3.63) is 82.9 Å². The normalized spacial score (nSPS) is 11.1. The fourth-order valence-electron chi connectivity index (χ4n) is 2.49. The Balaban J connectivity index is 0.000000423. The molecule has 31 heavy (non-hydrogen) atoms. The Bertz CT molecular complexity index is 1150. The molecular weight excluding hydrogens is 411 g/mol. The molecule has 0 aliphatic heterocycles. The molecule has 0 aliphatic rings. The smallest absolute Gasteiger partial charge is 0.475 e. The molecule has 0 saturated carbocycles. The van der Waals surface area contributed by atoms with Gasteiger partial charge in [0.15, 0.2) is 0 Å². The zero-order valence-electron chi connectivity index (χ0n) is 16.0. The van der Waals surface area contributed by atoms with Gasteiger partial charge in [-0.2, -0.15) is 13.2 Å². The number of benzene rings is 3. The van der Waals surface area contributed by atoms with Crippen molar-refractivity contribution in [3.63, 3.8) is 0 Å². The third-order valence-corrected chi connectivity index (χ3v) is 4.08. The van der Waals surface area contributed by atoms with Gasteiger partial charge in [-0.25, -0.2) is 4.79 Å². The van der Waals surface area contributed by atoms with Crippen molar-refractivity contribution in [1.82, 2.24) is 0 Å². The molecule has 9 heteroatoms. The highest BCUT2D eigenvalue weighted by Crippen LogP contribution is 2.19. The van der Waals surface area contributed by atoms with Crippen LogP contribution in [-0.4, -0.2) is 29.0 Å². The van der Waals surface area contributed by atoms with E-state index in [0.29, 0.717) is 5.56 Å². The van der Waals surface area contributed by atoms with Gasteiger partial charge in [-0.3, -0.25) is 10.2 Å². The van der Waals surface area contributed by atoms with Gasteiger partial charge < -0.3 is 16.6 Å². The van der Waals surface area contributed by atoms with Crippen molar-refractivity contribution in [1.29, 1.82) is 5.41 Å². The lowest BCUT2D eigenvalue weighted by molar-refractivity contribution is -0.192. The van der Waals surface area contributed by atoms with Crippen molar-refractivity contribution in [2.75, 3.05) is 0 Å². The standard InChI is InChI=1S/C20H17N3O.C2HF3O2/c21-19(22)18-10-9-16-11-14(5-8-17(16)12-18)2-1-13-3-6-15(7-4-13)20(23)24;3-2(4,5)1(6)7/h1-12H,(H3,21,22)(H2,23,24);(H,6,7)/b2-1+;. The first kappa shape index (κ1) is 23.1. The van der Waals surface area contributed by atoms with Crippen molar-refractivity contribution in [2.24, 2.45) is 11.5 Å². The number of carboxylic acid groups (broad SMARTS) is 1. The minimum absolute atomic E-state index is 0.0697. The van der Waals surface area contributed by atoms with Crippen LogP contribution in [0.2, 0.25) is 0 Å². The lowest BCUT2D eigenvalue weighted by Crippen LogP contribution is -2.21. The van der Waals surface area contributed by atoms with Gasteiger partial charge in [-0.05, 0) is 46.2 Å². The number of hydrogen-bond acceptors (Lipinski definition) is 3. The first-order valence-corrected chi connectivity index (χ1v) is 8.73. The van der Waals surface area contributed by atoms with Crippen LogP contribution in [0, 0.1) is 5.41 Å². The number of primary amides is 1. The summed E-state index contributed by atoms with van der Waals surface area (Å²) in [5.41, 5.74) is 14.0. The average Bonchev–Trinajstić information content (AvgIpc) is 2.71. The Morgan fingerprint density at radius 2 is 1.26 bits per heavy atom. The predicted molar refractivity (Wildman–Crippen MR) is 113 cm³/mol. The van der Waals surface area contributed by atoms with Crippen LogP contribution in [0.4, 0.5) is 13.2 Å². The molecule has 0 unspecified atom stereocenters. The number of amides is 1. The summed E-state index contributed by atoms with van der Waals surface area (Å²) in [4.78, 5) is 20.0. The molecule has 6 N–H and O–H groups in total. The number of fused-ring (bicyclic) bond motifs is 1. The van der Waals surface area contributed by atoms with Gasteiger partial charge in [-0.15, -0.1) is 0 Å². The highest BCUT2D eigenvalue weighted by molar-refractivity contribution is 5.99. The van der Waals surface area contributed by atoms with E-state index in [1.807, 2.05) is 54.6 Å². The monoisotopic (exact) mass is 429 g/mol. The van der Waals surface area contributed by atoms with Crippen LogP contribution >= 0.6 is 0 Å². The Morgan fingerprint density at radius 1 is 0.806 bits per heavy atom. The molecule has 3 aromatic rings. The van der Waals surface area contributed by atoms with E-state index in [4.69, 9.17) is 26.8 Å². The lowest BCUT2D eigenvalue weighted by atomic mass is 10.0. The number of halogens is 3. The third-order valence-electron chi connectivity index (χ3n) is 4.08. The number of carboxylic acids is 1. The Labute approximate surface area is 175 Å². The molecule has 0 spiro atoms. The summed E-state index contributed by atoms with van der Waals surface area (Å²) in [5.74, 6) is -3.11. The van der Waals surface area contributed by atoms with Gasteiger partial charge >= 0.3 is 12.1 Å². The largest absolute Gasteiger partial charge is 0.490 e. The zero-order valence-corrected chi connectivity index (χ0v) is 16.0.